The maximum Gasteiger partial charge on any atom is 0.412 e. The van der Waals surface area contributed by atoms with Gasteiger partial charge in [0.2, 0.25) is 0 Å². The third-order valence-electron chi connectivity index (χ3n) is 16.9. The first-order valence-electron chi connectivity index (χ1n) is 23.2. The Balaban J connectivity index is 1.69. The third kappa shape index (κ3) is 8.30. The average Bonchev–Trinajstić information content (AvgIpc) is 3.27. The van der Waals surface area contributed by atoms with Crippen LogP contribution in [0.3, 0.4) is 0 Å². The van der Waals surface area contributed by atoms with Crippen LogP contribution in [0.1, 0.15) is 157 Å². The summed E-state index contributed by atoms with van der Waals surface area (Å²) in [5.41, 5.74) is -4.09. The molecular formula is C46H85NO7Si2. The van der Waals surface area contributed by atoms with Crippen LogP contribution >= 0.6 is 0 Å². The summed E-state index contributed by atoms with van der Waals surface area (Å²) >= 11 is 0. The van der Waals surface area contributed by atoms with Gasteiger partial charge in [-0.05, 0) is 149 Å². The first-order valence-corrected chi connectivity index (χ1v) is 28.0. The molecule has 10 heteroatoms. The molecule has 5 fully saturated rings. The van der Waals surface area contributed by atoms with E-state index in [0.29, 0.717) is 50.5 Å². The minimum absolute atomic E-state index is 0.00249. The van der Waals surface area contributed by atoms with Crippen molar-refractivity contribution in [3.05, 3.63) is 0 Å². The van der Waals surface area contributed by atoms with Crippen molar-refractivity contribution in [1.29, 1.82) is 0 Å². The van der Waals surface area contributed by atoms with Gasteiger partial charge in [-0.2, -0.15) is 0 Å². The Morgan fingerprint density at radius 3 is 2.07 bits per heavy atom. The number of likely N-dealkylation sites (tertiary alicyclic amines) is 1. The fourth-order valence-electron chi connectivity index (χ4n) is 11.6. The zero-order valence-electron chi connectivity index (χ0n) is 41.0. The van der Waals surface area contributed by atoms with Crippen LogP contribution < -0.4 is 0 Å². The van der Waals surface area contributed by atoms with Crippen molar-refractivity contribution < 1.29 is 35.8 Å². The van der Waals surface area contributed by atoms with E-state index < -0.39 is 56.9 Å². The second kappa shape index (κ2) is 15.0. The van der Waals surface area contributed by atoms with Crippen molar-refractivity contribution in [3.8, 4) is 0 Å². The first-order chi connectivity index (χ1) is 25.9. The monoisotopic (exact) mass is 822 g/mol. The molecule has 2 saturated heterocycles. The van der Waals surface area contributed by atoms with Crippen molar-refractivity contribution in [2.24, 2.45) is 45.8 Å². The van der Waals surface area contributed by atoms with Gasteiger partial charge in [0.1, 0.15) is 17.1 Å². The summed E-state index contributed by atoms with van der Waals surface area (Å²) in [6.07, 6.45) is 3.86. The molecule has 1 amide bonds. The number of aliphatic hydroxyl groups excluding tert-OH is 1. The Hall–Kier alpha value is -0.786. The molecule has 3 saturated carbocycles. The molecular weight excluding hydrogens is 735 g/mol. The Labute approximate surface area is 347 Å². The number of Topliss-reactive ketones (excluding diaryl/α,β-unsaturated/α-hetero) is 1. The van der Waals surface area contributed by atoms with Crippen LogP contribution in [-0.2, 0) is 23.1 Å². The highest BCUT2D eigenvalue weighted by Crippen LogP contribution is 2.71. The van der Waals surface area contributed by atoms with E-state index >= 15 is 4.79 Å². The number of aliphatic hydroxyl groups is 1. The van der Waals surface area contributed by atoms with E-state index in [9.17, 15) is 12.6 Å². The topological polar surface area (TPSA) is 94.5 Å². The maximum atomic E-state index is 15.7. The maximum absolute atomic E-state index is 15.7. The molecule has 3 aliphatic carbocycles. The van der Waals surface area contributed by atoms with Crippen LogP contribution in [0.4, 0.5) is 4.79 Å². The minimum atomic E-state index is -2.61. The van der Waals surface area contributed by atoms with Crippen LogP contribution in [-0.4, -0.2) is 81.3 Å². The van der Waals surface area contributed by atoms with Gasteiger partial charge < -0.3 is 23.4 Å². The second-order valence-electron chi connectivity index (χ2n) is 24.4. The molecule has 0 spiro atoms. The van der Waals surface area contributed by atoms with Gasteiger partial charge in [-0.25, -0.2) is 4.79 Å². The van der Waals surface area contributed by atoms with E-state index in [0.717, 1.165) is 19.3 Å². The van der Waals surface area contributed by atoms with Gasteiger partial charge in [-0.1, -0.05) is 76.2 Å². The summed E-state index contributed by atoms with van der Waals surface area (Å²) in [5.74, 6) is 0.664. The van der Waals surface area contributed by atoms with Crippen molar-refractivity contribution >= 4 is 28.5 Å². The molecule has 2 bridgehead atoms. The Kier molecular flexibility index (Phi) is 11.6. The molecule has 0 aromatic carbocycles. The quantitative estimate of drug-likeness (QED) is 0.231. The number of ether oxygens (including phenoxy) is 2. The van der Waals surface area contributed by atoms with E-state index in [4.69, 9.17) is 18.3 Å². The van der Waals surface area contributed by atoms with Gasteiger partial charge in [0, 0.05) is 24.5 Å². The molecule has 56 heavy (non-hydrogen) atoms. The number of amides is 1. The van der Waals surface area contributed by atoms with Crippen molar-refractivity contribution in [2.75, 3.05) is 13.1 Å². The van der Waals surface area contributed by atoms with Crippen LogP contribution in [0.5, 0.6) is 0 Å². The van der Waals surface area contributed by atoms with Gasteiger partial charge in [0.05, 0.1) is 21.5 Å². The number of carbonyl (C=O) groups is 2. The Bertz CT molecular complexity index is 1550. The molecule has 324 valence electrons. The summed E-state index contributed by atoms with van der Waals surface area (Å²) in [6, 6.07) is 0. The van der Waals surface area contributed by atoms with Gasteiger partial charge in [0.25, 0.3) is 0 Å². The standard InChI is InChI=1S/C46H85NO7Si2/c1-30-24-34-33(35(48)25-30)26-36(54-56(17,18)42(9,10)11)38-43(34,12)28-37(49)44(13,45(38,14)21-22-51-55(15,16)41(6,7)8)19-20-46-27-31(2)23-32(52-46)29-47(46)39(50)53-40(3,4)5/h30-36,38,48H,19-29H2,1-18H3/t30-,31+,32+,33+,34-,35-,36+,38+,43+,44-,45+,46+/m1/s1/i22D2. The zero-order chi connectivity index (χ0) is 44.3. The predicted molar refractivity (Wildman–Crippen MR) is 231 cm³/mol. The van der Waals surface area contributed by atoms with E-state index in [1.165, 1.54) is 0 Å². The van der Waals surface area contributed by atoms with Crippen molar-refractivity contribution in [1.82, 2.24) is 4.90 Å². The molecule has 2 aliphatic heterocycles. The first kappa shape index (κ1) is 43.3. The van der Waals surface area contributed by atoms with Gasteiger partial charge in [-0.3, -0.25) is 9.69 Å². The van der Waals surface area contributed by atoms with Crippen molar-refractivity contribution in [3.63, 3.8) is 0 Å². The summed E-state index contributed by atoms with van der Waals surface area (Å²) in [6.45, 7) is 37.1. The molecule has 0 aromatic rings. The number of nitrogens with zero attached hydrogens (tertiary/aromatic N) is 1. The lowest BCUT2D eigenvalue weighted by molar-refractivity contribution is -0.228. The van der Waals surface area contributed by atoms with Gasteiger partial charge in [-0.15, -0.1) is 0 Å². The highest BCUT2D eigenvalue weighted by atomic mass is 28.4. The lowest BCUT2D eigenvalue weighted by Gasteiger charge is -2.69. The SMILES string of the molecule is [2H]C([2H])(C[C@@]1(C)[C@H]2[C@@H](O[Si](C)(C)C(C)(C)C)C[C@@H]3[C@H](O)C[C@H](C)C[C@H]3[C@]2(C)CC(=O)[C@@]1(C)CC[C@]12C[C@@H](C)C[C@@H](CN1C(=O)OC(C)(C)C)O2)O[Si](C)(C)C(C)(C)C. The molecule has 0 radical (unpaired) electrons. The summed E-state index contributed by atoms with van der Waals surface area (Å²) in [4.78, 5) is 31.4. The Morgan fingerprint density at radius 2 is 1.50 bits per heavy atom. The normalized spacial score (nSPS) is 41.8. The number of hydrogen-bond acceptors (Lipinski definition) is 7. The number of carbonyl (C=O) groups excluding carboxylic acids is 2. The molecule has 1 N–H and O–H groups in total. The minimum Gasteiger partial charge on any atom is -0.444 e. The second-order valence-corrected chi connectivity index (χ2v) is 33.9. The van der Waals surface area contributed by atoms with E-state index in [-0.39, 0.29) is 58.3 Å². The van der Waals surface area contributed by atoms with Crippen LogP contribution in [0.2, 0.25) is 36.3 Å². The molecule has 5 rings (SSSR count). The van der Waals surface area contributed by atoms with Crippen LogP contribution in [0.15, 0.2) is 0 Å². The summed E-state index contributed by atoms with van der Waals surface area (Å²) < 4.78 is 46.9. The highest BCUT2D eigenvalue weighted by Gasteiger charge is 2.70. The fraction of sp³-hybridized carbons (Fsp3) is 0.957. The summed E-state index contributed by atoms with van der Waals surface area (Å²) in [5, 5.41) is 11.5. The third-order valence-corrected chi connectivity index (χ3v) is 25.7. The zero-order valence-corrected chi connectivity index (χ0v) is 41.0. The number of hydrogen-bond donors (Lipinski definition) is 1. The predicted octanol–water partition coefficient (Wildman–Crippen LogP) is 11.4. The summed E-state index contributed by atoms with van der Waals surface area (Å²) in [7, 11) is -5.02. The molecule has 0 aromatic heterocycles. The number of ketones is 1. The van der Waals surface area contributed by atoms with Crippen molar-refractivity contribution in [2.45, 2.75) is 221 Å². The number of rotatable bonds is 9. The highest BCUT2D eigenvalue weighted by molar-refractivity contribution is 6.74. The molecule has 0 unspecified atom stereocenters. The lowest BCUT2D eigenvalue weighted by atomic mass is 9.36. The Morgan fingerprint density at radius 1 is 0.893 bits per heavy atom. The average molecular weight is 822 g/mol. The smallest absolute Gasteiger partial charge is 0.412 e. The fourth-order valence-corrected chi connectivity index (χ4v) is 13.7. The van der Waals surface area contributed by atoms with E-state index in [1.807, 2.05) is 25.7 Å². The largest absolute Gasteiger partial charge is 0.444 e. The molecule has 8 nitrogen and oxygen atoms in total. The van der Waals surface area contributed by atoms with Crippen LogP contribution in [0.25, 0.3) is 0 Å². The molecule has 12 atom stereocenters. The van der Waals surface area contributed by atoms with Gasteiger partial charge in [0.15, 0.2) is 16.6 Å². The molecule has 5 aliphatic rings. The molecule has 2 heterocycles. The van der Waals surface area contributed by atoms with Crippen LogP contribution in [0, 0.1) is 45.8 Å². The van der Waals surface area contributed by atoms with E-state index in [1.54, 1.807) is 0 Å². The van der Waals surface area contributed by atoms with E-state index in [2.05, 4.69) is 102 Å². The lowest BCUT2D eigenvalue weighted by Crippen LogP contribution is -2.69. The number of fused-ring (bicyclic) bond motifs is 5. The van der Waals surface area contributed by atoms with Gasteiger partial charge >= 0.3 is 6.09 Å².